The van der Waals surface area contributed by atoms with Crippen molar-refractivity contribution in [2.45, 2.75) is 24.1 Å². The van der Waals surface area contributed by atoms with Gasteiger partial charge in [0.1, 0.15) is 0 Å². The van der Waals surface area contributed by atoms with Crippen molar-refractivity contribution in [1.29, 1.82) is 0 Å². The van der Waals surface area contributed by atoms with Crippen molar-refractivity contribution in [2.24, 2.45) is 0 Å². The van der Waals surface area contributed by atoms with Gasteiger partial charge in [-0.25, -0.2) is 4.98 Å². The lowest BCUT2D eigenvalue weighted by molar-refractivity contribution is 0.378. The van der Waals surface area contributed by atoms with Gasteiger partial charge in [-0.3, -0.25) is 4.21 Å². The molecule has 0 amide bonds. The van der Waals surface area contributed by atoms with Crippen LogP contribution < -0.4 is 0 Å². The molecule has 0 fully saturated rings. The fraction of sp³-hybridized carbons (Fsp3) is 0.267. The van der Waals surface area contributed by atoms with E-state index in [1.54, 1.807) is 0 Å². The van der Waals surface area contributed by atoms with E-state index in [1.165, 1.54) is 11.3 Å². The molecule has 1 atom stereocenters. The van der Waals surface area contributed by atoms with Gasteiger partial charge in [-0.1, -0.05) is 35.5 Å². The molecule has 0 aliphatic rings. The van der Waals surface area contributed by atoms with Crippen LogP contribution >= 0.6 is 11.3 Å². The second-order valence-corrected chi connectivity index (χ2v) is 7.39. The standard InChI is InChI=1S/C15H15N3O2S2/c1-11-10-21-15(16-11)22(19)9-5-8-13-17-14(18-20-13)12-6-3-2-4-7-12/h2-4,6-7,10H,5,8-9H2,1H3/t22-/m0/s1. The van der Waals surface area contributed by atoms with Crippen LogP contribution in [0.5, 0.6) is 0 Å². The molecule has 7 heteroatoms. The molecule has 0 spiro atoms. The number of rotatable bonds is 6. The molecule has 0 aliphatic carbocycles. The Kier molecular flexibility index (Phi) is 4.74. The molecule has 0 radical (unpaired) electrons. The lowest BCUT2D eigenvalue weighted by Crippen LogP contribution is -2.00. The Morgan fingerprint density at radius 1 is 1.23 bits per heavy atom. The molecule has 0 N–H and O–H groups in total. The summed E-state index contributed by atoms with van der Waals surface area (Å²) in [4.78, 5) is 8.61. The van der Waals surface area contributed by atoms with Crippen LogP contribution in [-0.2, 0) is 17.2 Å². The maximum Gasteiger partial charge on any atom is 0.226 e. The van der Waals surface area contributed by atoms with Gasteiger partial charge in [-0.05, 0) is 13.3 Å². The van der Waals surface area contributed by atoms with Crippen LogP contribution in [0.25, 0.3) is 11.4 Å². The second-order valence-electron chi connectivity index (χ2n) is 4.79. The molecule has 0 unspecified atom stereocenters. The predicted molar refractivity (Wildman–Crippen MR) is 86.2 cm³/mol. The van der Waals surface area contributed by atoms with Gasteiger partial charge in [0, 0.05) is 28.8 Å². The molecule has 0 bridgehead atoms. The average molecular weight is 333 g/mol. The molecule has 0 saturated heterocycles. The van der Waals surface area contributed by atoms with E-state index in [9.17, 15) is 4.21 Å². The van der Waals surface area contributed by atoms with Crippen molar-refractivity contribution in [3.05, 3.63) is 47.3 Å². The zero-order chi connectivity index (χ0) is 15.4. The Morgan fingerprint density at radius 3 is 2.77 bits per heavy atom. The Bertz CT molecular complexity index is 768. The second kappa shape index (κ2) is 6.93. The summed E-state index contributed by atoms with van der Waals surface area (Å²) >= 11 is 1.44. The van der Waals surface area contributed by atoms with Crippen molar-refractivity contribution in [2.75, 3.05) is 5.75 Å². The summed E-state index contributed by atoms with van der Waals surface area (Å²) < 4.78 is 18.0. The minimum atomic E-state index is -1.05. The number of hydrogen-bond donors (Lipinski definition) is 0. The van der Waals surface area contributed by atoms with E-state index < -0.39 is 10.8 Å². The maximum atomic E-state index is 12.1. The van der Waals surface area contributed by atoms with E-state index in [0.717, 1.165) is 17.7 Å². The first-order chi connectivity index (χ1) is 10.7. The van der Waals surface area contributed by atoms with E-state index in [4.69, 9.17) is 4.52 Å². The predicted octanol–water partition coefficient (Wildman–Crippen LogP) is 3.24. The van der Waals surface area contributed by atoms with Crippen molar-refractivity contribution < 1.29 is 8.73 Å². The summed E-state index contributed by atoms with van der Waals surface area (Å²) in [6.07, 6.45) is 1.34. The Labute approximate surface area is 134 Å². The molecule has 2 aromatic heterocycles. The summed E-state index contributed by atoms with van der Waals surface area (Å²) in [5.41, 5.74) is 1.84. The molecule has 0 saturated carbocycles. The molecule has 114 valence electrons. The summed E-state index contributed by atoms with van der Waals surface area (Å²) in [6.45, 7) is 1.90. The van der Waals surface area contributed by atoms with Crippen LogP contribution in [0.1, 0.15) is 18.0 Å². The SMILES string of the molecule is Cc1csc([S@@](=O)CCCc2nc(-c3ccccc3)no2)n1. The van der Waals surface area contributed by atoms with Crippen molar-refractivity contribution in [1.82, 2.24) is 15.1 Å². The highest BCUT2D eigenvalue weighted by Crippen LogP contribution is 2.17. The van der Waals surface area contributed by atoms with E-state index >= 15 is 0 Å². The topological polar surface area (TPSA) is 68.9 Å². The summed E-state index contributed by atoms with van der Waals surface area (Å²) in [5.74, 6) is 1.72. The Balaban J connectivity index is 1.54. The molecular weight excluding hydrogens is 318 g/mol. The number of benzene rings is 1. The van der Waals surface area contributed by atoms with Gasteiger partial charge in [0.15, 0.2) is 4.34 Å². The van der Waals surface area contributed by atoms with Gasteiger partial charge in [-0.2, -0.15) is 4.98 Å². The van der Waals surface area contributed by atoms with Crippen LogP contribution in [0, 0.1) is 6.92 Å². The number of nitrogens with zero attached hydrogens (tertiary/aromatic N) is 3. The van der Waals surface area contributed by atoms with Gasteiger partial charge in [-0.15, -0.1) is 11.3 Å². The summed E-state index contributed by atoms with van der Waals surface area (Å²) in [7, 11) is -1.05. The maximum absolute atomic E-state index is 12.1. The highest BCUT2D eigenvalue weighted by Gasteiger charge is 2.11. The van der Waals surface area contributed by atoms with Gasteiger partial charge in [0.25, 0.3) is 0 Å². The third-order valence-corrected chi connectivity index (χ3v) is 5.75. The number of thiazole rings is 1. The van der Waals surface area contributed by atoms with E-state index in [1.807, 2.05) is 42.6 Å². The fourth-order valence-electron chi connectivity index (χ4n) is 1.94. The monoisotopic (exact) mass is 333 g/mol. The fourth-order valence-corrected chi connectivity index (χ4v) is 4.11. The third-order valence-electron chi connectivity index (χ3n) is 3.01. The molecule has 5 nitrogen and oxygen atoms in total. The van der Waals surface area contributed by atoms with Crippen LogP contribution in [0.2, 0.25) is 0 Å². The molecule has 3 rings (SSSR count). The summed E-state index contributed by atoms with van der Waals surface area (Å²) in [6, 6.07) is 9.69. The van der Waals surface area contributed by atoms with Crippen molar-refractivity contribution >= 4 is 22.1 Å². The summed E-state index contributed by atoms with van der Waals surface area (Å²) in [5, 5.41) is 5.89. The molecular formula is C15H15N3O2S2. The van der Waals surface area contributed by atoms with Gasteiger partial charge in [0.2, 0.25) is 11.7 Å². The zero-order valence-corrected chi connectivity index (χ0v) is 13.7. The van der Waals surface area contributed by atoms with Gasteiger partial charge < -0.3 is 4.52 Å². The van der Waals surface area contributed by atoms with Crippen LogP contribution in [0.3, 0.4) is 0 Å². The highest BCUT2D eigenvalue weighted by atomic mass is 32.2. The van der Waals surface area contributed by atoms with Gasteiger partial charge >= 0.3 is 0 Å². The Morgan fingerprint density at radius 2 is 2.05 bits per heavy atom. The van der Waals surface area contributed by atoms with Gasteiger partial charge in [0.05, 0.1) is 10.8 Å². The van der Waals surface area contributed by atoms with E-state index in [2.05, 4.69) is 15.1 Å². The average Bonchev–Trinajstić information content (AvgIpc) is 3.17. The number of aryl methyl sites for hydroxylation is 2. The number of aromatic nitrogens is 3. The lowest BCUT2D eigenvalue weighted by atomic mass is 10.2. The minimum absolute atomic E-state index is 0.552. The Hall–Kier alpha value is -1.86. The first-order valence-corrected chi connectivity index (χ1v) is 9.11. The highest BCUT2D eigenvalue weighted by molar-refractivity contribution is 7.87. The normalized spacial score (nSPS) is 12.4. The number of hydrogen-bond acceptors (Lipinski definition) is 6. The van der Waals surface area contributed by atoms with Crippen LogP contribution in [0.15, 0.2) is 44.6 Å². The quantitative estimate of drug-likeness (QED) is 0.692. The minimum Gasteiger partial charge on any atom is -0.339 e. The van der Waals surface area contributed by atoms with Crippen molar-refractivity contribution in [3.8, 4) is 11.4 Å². The van der Waals surface area contributed by atoms with E-state index in [-0.39, 0.29) is 0 Å². The third kappa shape index (κ3) is 3.66. The molecule has 1 aromatic carbocycles. The molecule has 3 aromatic rings. The first kappa shape index (κ1) is 15.1. The van der Waals surface area contributed by atoms with Crippen LogP contribution in [0.4, 0.5) is 0 Å². The lowest BCUT2D eigenvalue weighted by Gasteiger charge is -1.96. The molecule has 22 heavy (non-hydrogen) atoms. The molecule has 2 heterocycles. The zero-order valence-electron chi connectivity index (χ0n) is 12.1. The van der Waals surface area contributed by atoms with E-state index in [0.29, 0.717) is 28.2 Å². The first-order valence-electron chi connectivity index (χ1n) is 6.91. The molecule has 0 aliphatic heterocycles. The largest absolute Gasteiger partial charge is 0.339 e. The smallest absolute Gasteiger partial charge is 0.226 e. The van der Waals surface area contributed by atoms with Crippen LogP contribution in [-0.4, -0.2) is 25.1 Å². The van der Waals surface area contributed by atoms with Crippen molar-refractivity contribution in [3.63, 3.8) is 0 Å².